The van der Waals surface area contributed by atoms with Crippen LogP contribution in [0.4, 0.5) is 10.2 Å². The SMILES string of the molecule is CCN(c1nc2cc(C(=O)O)ccc2nc1-c1ccc(F)cc1)C1CCCCC1. The van der Waals surface area contributed by atoms with E-state index in [-0.39, 0.29) is 11.4 Å². The molecular formula is C23H24FN3O2. The van der Waals surface area contributed by atoms with Crippen molar-refractivity contribution in [1.29, 1.82) is 0 Å². The summed E-state index contributed by atoms with van der Waals surface area (Å²) >= 11 is 0. The van der Waals surface area contributed by atoms with E-state index in [1.165, 1.54) is 37.5 Å². The molecule has 0 amide bonds. The number of aromatic nitrogens is 2. The molecule has 1 aliphatic rings. The number of halogens is 1. The lowest BCUT2D eigenvalue weighted by Crippen LogP contribution is -2.37. The lowest BCUT2D eigenvalue weighted by molar-refractivity contribution is 0.0697. The van der Waals surface area contributed by atoms with Crippen LogP contribution in [0.1, 0.15) is 49.4 Å². The number of nitrogens with zero attached hydrogens (tertiary/aromatic N) is 3. The van der Waals surface area contributed by atoms with E-state index in [4.69, 9.17) is 9.97 Å². The molecule has 3 aromatic rings. The molecule has 1 N–H and O–H groups in total. The van der Waals surface area contributed by atoms with Crippen LogP contribution in [-0.4, -0.2) is 33.6 Å². The van der Waals surface area contributed by atoms with Gasteiger partial charge in [0.2, 0.25) is 0 Å². The Bertz CT molecular complexity index is 1030. The quantitative estimate of drug-likeness (QED) is 0.638. The van der Waals surface area contributed by atoms with Crippen molar-refractivity contribution < 1.29 is 14.3 Å². The second-order valence-electron chi connectivity index (χ2n) is 7.49. The number of aromatic carboxylic acids is 1. The fourth-order valence-corrected chi connectivity index (χ4v) is 4.15. The van der Waals surface area contributed by atoms with E-state index < -0.39 is 5.97 Å². The normalized spacial score (nSPS) is 14.8. The molecule has 1 aliphatic carbocycles. The first kappa shape index (κ1) is 19.3. The van der Waals surface area contributed by atoms with Crippen molar-refractivity contribution in [3.05, 3.63) is 53.8 Å². The van der Waals surface area contributed by atoms with Crippen LogP contribution in [-0.2, 0) is 0 Å². The van der Waals surface area contributed by atoms with Crippen LogP contribution in [0.25, 0.3) is 22.3 Å². The van der Waals surface area contributed by atoms with Crippen LogP contribution in [0.3, 0.4) is 0 Å². The van der Waals surface area contributed by atoms with E-state index in [2.05, 4.69) is 11.8 Å². The standard InChI is InChI=1S/C23H24FN3O2/c1-2-27(18-6-4-3-5-7-18)22-21(15-8-11-17(24)12-9-15)25-19-13-10-16(23(28)29)14-20(19)26-22/h8-14,18H,2-7H2,1H3,(H,28,29). The van der Waals surface area contributed by atoms with Crippen LogP contribution >= 0.6 is 0 Å². The van der Waals surface area contributed by atoms with Gasteiger partial charge >= 0.3 is 5.97 Å². The Kier molecular flexibility index (Phi) is 5.43. The lowest BCUT2D eigenvalue weighted by Gasteiger charge is -2.35. The second-order valence-corrected chi connectivity index (χ2v) is 7.49. The highest BCUT2D eigenvalue weighted by atomic mass is 19.1. The molecule has 0 radical (unpaired) electrons. The number of carboxylic acid groups (broad SMARTS) is 1. The first-order valence-electron chi connectivity index (χ1n) is 10.1. The van der Waals surface area contributed by atoms with Gasteiger partial charge in [-0.1, -0.05) is 19.3 Å². The smallest absolute Gasteiger partial charge is 0.335 e. The van der Waals surface area contributed by atoms with E-state index >= 15 is 0 Å². The number of benzene rings is 2. The zero-order chi connectivity index (χ0) is 20.4. The summed E-state index contributed by atoms with van der Waals surface area (Å²) in [6, 6.07) is 11.4. The molecule has 0 atom stereocenters. The van der Waals surface area contributed by atoms with Gasteiger partial charge < -0.3 is 10.0 Å². The van der Waals surface area contributed by atoms with Crippen molar-refractivity contribution in [1.82, 2.24) is 9.97 Å². The average Bonchev–Trinajstić information content (AvgIpc) is 2.75. The summed E-state index contributed by atoms with van der Waals surface area (Å²) in [5.74, 6) is -0.548. The Morgan fingerprint density at radius 1 is 1.07 bits per heavy atom. The summed E-state index contributed by atoms with van der Waals surface area (Å²) in [5.41, 5.74) is 2.87. The number of carbonyl (C=O) groups is 1. The van der Waals surface area contributed by atoms with Gasteiger partial charge in [-0.3, -0.25) is 0 Å². The Morgan fingerprint density at radius 2 is 1.79 bits per heavy atom. The summed E-state index contributed by atoms with van der Waals surface area (Å²) in [6.45, 7) is 2.88. The molecule has 1 saturated carbocycles. The molecule has 2 aromatic carbocycles. The number of hydrogen-bond donors (Lipinski definition) is 1. The average molecular weight is 393 g/mol. The van der Waals surface area contributed by atoms with Gasteiger partial charge in [0.1, 0.15) is 11.5 Å². The molecular weight excluding hydrogens is 369 g/mol. The van der Waals surface area contributed by atoms with Crippen LogP contribution in [0, 0.1) is 5.82 Å². The molecule has 0 saturated heterocycles. The molecule has 0 aliphatic heterocycles. The van der Waals surface area contributed by atoms with Crippen molar-refractivity contribution in [3.63, 3.8) is 0 Å². The number of rotatable bonds is 5. The summed E-state index contributed by atoms with van der Waals surface area (Å²) in [5, 5.41) is 9.34. The molecule has 4 rings (SSSR count). The molecule has 150 valence electrons. The van der Waals surface area contributed by atoms with Crippen molar-refractivity contribution in [3.8, 4) is 11.3 Å². The zero-order valence-corrected chi connectivity index (χ0v) is 16.4. The first-order valence-corrected chi connectivity index (χ1v) is 10.1. The van der Waals surface area contributed by atoms with Gasteiger partial charge in [0.15, 0.2) is 5.82 Å². The Balaban J connectivity index is 1.90. The summed E-state index contributed by atoms with van der Waals surface area (Å²) in [6.07, 6.45) is 5.84. The number of carboxylic acids is 1. The third-order valence-electron chi connectivity index (χ3n) is 5.64. The van der Waals surface area contributed by atoms with Crippen LogP contribution < -0.4 is 4.90 Å². The Hall–Kier alpha value is -3.02. The van der Waals surface area contributed by atoms with E-state index in [1.54, 1.807) is 24.3 Å². The van der Waals surface area contributed by atoms with Gasteiger partial charge in [0, 0.05) is 18.2 Å². The van der Waals surface area contributed by atoms with E-state index in [0.29, 0.717) is 22.8 Å². The predicted molar refractivity (Wildman–Crippen MR) is 112 cm³/mol. The molecule has 0 unspecified atom stereocenters. The summed E-state index contributed by atoms with van der Waals surface area (Å²) < 4.78 is 13.5. The van der Waals surface area contributed by atoms with E-state index in [0.717, 1.165) is 30.8 Å². The van der Waals surface area contributed by atoms with E-state index in [9.17, 15) is 14.3 Å². The van der Waals surface area contributed by atoms with Crippen molar-refractivity contribution in [2.75, 3.05) is 11.4 Å². The van der Waals surface area contributed by atoms with Crippen molar-refractivity contribution >= 4 is 22.8 Å². The Labute approximate surface area is 169 Å². The van der Waals surface area contributed by atoms with Crippen LogP contribution in [0.5, 0.6) is 0 Å². The molecule has 0 bridgehead atoms. The lowest BCUT2D eigenvalue weighted by atomic mass is 9.94. The fraction of sp³-hybridized carbons (Fsp3) is 0.348. The topological polar surface area (TPSA) is 66.3 Å². The van der Waals surface area contributed by atoms with Crippen LogP contribution in [0.2, 0.25) is 0 Å². The molecule has 0 spiro atoms. The third-order valence-corrected chi connectivity index (χ3v) is 5.64. The molecule has 1 aromatic heterocycles. The van der Waals surface area contributed by atoms with Gasteiger partial charge in [-0.25, -0.2) is 19.2 Å². The van der Waals surface area contributed by atoms with E-state index in [1.807, 2.05) is 0 Å². The fourth-order valence-electron chi connectivity index (χ4n) is 4.15. The maximum Gasteiger partial charge on any atom is 0.335 e. The zero-order valence-electron chi connectivity index (χ0n) is 16.4. The summed E-state index contributed by atoms with van der Waals surface area (Å²) in [7, 11) is 0. The largest absolute Gasteiger partial charge is 0.478 e. The maximum atomic E-state index is 13.5. The Morgan fingerprint density at radius 3 is 2.45 bits per heavy atom. The van der Waals surface area contributed by atoms with Crippen molar-refractivity contribution in [2.45, 2.75) is 45.1 Å². The van der Waals surface area contributed by atoms with Gasteiger partial charge in [0.25, 0.3) is 0 Å². The van der Waals surface area contributed by atoms with Crippen LogP contribution in [0.15, 0.2) is 42.5 Å². The second kappa shape index (κ2) is 8.15. The number of fused-ring (bicyclic) bond motifs is 1. The molecule has 1 fully saturated rings. The monoisotopic (exact) mass is 393 g/mol. The first-order chi connectivity index (χ1) is 14.1. The number of hydrogen-bond acceptors (Lipinski definition) is 4. The number of anilines is 1. The van der Waals surface area contributed by atoms with Gasteiger partial charge in [-0.15, -0.1) is 0 Å². The molecule has 6 heteroatoms. The minimum atomic E-state index is -0.988. The highest BCUT2D eigenvalue weighted by Crippen LogP contribution is 2.34. The highest BCUT2D eigenvalue weighted by Gasteiger charge is 2.25. The van der Waals surface area contributed by atoms with Gasteiger partial charge in [0.05, 0.1) is 16.6 Å². The van der Waals surface area contributed by atoms with Crippen molar-refractivity contribution in [2.24, 2.45) is 0 Å². The predicted octanol–water partition coefficient (Wildman–Crippen LogP) is 5.29. The highest BCUT2D eigenvalue weighted by molar-refractivity contribution is 5.93. The minimum absolute atomic E-state index is 0.188. The minimum Gasteiger partial charge on any atom is -0.478 e. The van der Waals surface area contributed by atoms with Gasteiger partial charge in [-0.2, -0.15) is 0 Å². The van der Waals surface area contributed by atoms with Gasteiger partial charge in [-0.05, 0) is 62.2 Å². The molecule has 29 heavy (non-hydrogen) atoms. The molecule has 5 nitrogen and oxygen atoms in total. The third kappa shape index (κ3) is 3.92. The summed E-state index contributed by atoms with van der Waals surface area (Å²) in [4.78, 5) is 23.4. The molecule has 1 heterocycles. The maximum absolute atomic E-state index is 13.5.